The number of hydrogen-bond donors (Lipinski definition) is 3. The Bertz CT molecular complexity index is 1020. The summed E-state index contributed by atoms with van der Waals surface area (Å²) in [5, 5.41) is 35.3. The number of aliphatic hydroxyl groups excluding tert-OH is 2. The van der Waals surface area contributed by atoms with Crippen LogP contribution in [0.5, 0.6) is 0 Å². The smallest absolute Gasteiger partial charge is 0.331 e. The molecule has 0 aromatic heterocycles. The summed E-state index contributed by atoms with van der Waals surface area (Å²) >= 11 is 0. The second kappa shape index (κ2) is 12.2. The van der Waals surface area contributed by atoms with Crippen LogP contribution in [0.1, 0.15) is 73.6 Å². The van der Waals surface area contributed by atoms with E-state index in [0.29, 0.717) is 12.0 Å². The molecule has 0 radical (unpaired) electrons. The highest BCUT2D eigenvalue weighted by molar-refractivity contribution is 5.85. The zero-order chi connectivity index (χ0) is 30.0. The lowest BCUT2D eigenvalue weighted by Crippen LogP contribution is -2.74. The van der Waals surface area contributed by atoms with Crippen molar-refractivity contribution in [1.82, 2.24) is 0 Å². The lowest BCUT2D eigenvalue weighted by atomic mass is 9.41. The third kappa shape index (κ3) is 5.92. The molecule has 0 saturated heterocycles. The van der Waals surface area contributed by atoms with Gasteiger partial charge in [0.05, 0.1) is 23.5 Å². The van der Waals surface area contributed by atoms with Crippen LogP contribution in [0.3, 0.4) is 0 Å². The fourth-order valence-corrected chi connectivity index (χ4v) is 7.04. The molecule has 2 saturated carbocycles. The molecule has 2 fully saturated rings. The average Bonchev–Trinajstić information content (AvgIpc) is 3.32. The topological polar surface area (TPSA) is 166 Å². The van der Waals surface area contributed by atoms with E-state index >= 15 is 0 Å². The Morgan fingerprint density at radius 3 is 2.35 bits per heavy atom. The van der Waals surface area contributed by atoms with E-state index < -0.39 is 83.7 Å². The van der Waals surface area contributed by atoms with E-state index in [1.54, 1.807) is 6.92 Å². The Morgan fingerprint density at radius 1 is 1.18 bits per heavy atom. The number of esters is 4. The van der Waals surface area contributed by atoms with Crippen LogP contribution in [-0.2, 0) is 38.1 Å². The van der Waals surface area contributed by atoms with E-state index in [0.717, 1.165) is 0 Å². The molecule has 9 unspecified atom stereocenters. The summed E-state index contributed by atoms with van der Waals surface area (Å²) in [6.07, 6.45) is -0.951. The maximum absolute atomic E-state index is 13.1. The van der Waals surface area contributed by atoms with Crippen molar-refractivity contribution in [3.63, 3.8) is 0 Å². The summed E-state index contributed by atoms with van der Waals surface area (Å²) in [6, 6.07) is 0. The van der Waals surface area contributed by atoms with Crippen LogP contribution in [0.25, 0.3) is 0 Å². The number of carbonyl (C=O) groups is 4. The fraction of sp³-hybridized carbons (Fsp3) is 0.793. The lowest BCUT2D eigenvalue weighted by Gasteiger charge is -2.66. The number of ether oxygens (including phenoxy) is 4. The van der Waals surface area contributed by atoms with Crippen molar-refractivity contribution < 1.29 is 53.4 Å². The molecule has 2 aliphatic carbocycles. The summed E-state index contributed by atoms with van der Waals surface area (Å²) in [4.78, 5) is 48.7. The first-order chi connectivity index (χ1) is 18.6. The first-order valence-corrected chi connectivity index (χ1v) is 14.0. The van der Waals surface area contributed by atoms with Crippen LogP contribution in [0.15, 0.2) is 11.6 Å². The predicted molar refractivity (Wildman–Crippen MR) is 140 cm³/mol. The van der Waals surface area contributed by atoms with Crippen LogP contribution in [0, 0.1) is 28.6 Å². The highest BCUT2D eigenvalue weighted by atomic mass is 16.6. The largest absolute Gasteiger partial charge is 0.465 e. The van der Waals surface area contributed by atoms with Crippen LogP contribution >= 0.6 is 0 Å². The number of carbonyl (C=O) groups excluding carboxylic acids is 4. The molecule has 3 N–H and O–H groups in total. The molecule has 0 bridgehead atoms. The number of aliphatic hydroxyl groups is 3. The van der Waals surface area contributed by atoms with E-state index in [-0.39, 0.29) is 38.2 Å². The van der Waals surface area contributed by atoms with Crippen LogP contribution in [-0.4, -0.2) is 82.9 Å². The highest BCUT2D eigenvalue weighted by Crippen LogP contribution is 2.65. The van der Waals surface area contributed by atoms with Gasteiger partial charge in [0, 0.05) is 31.4 Å². The molecule has 3 aliphatic rings. The van der Waals surface area contributed by atoms with Gasteiger partial charge in [-0.25, -0.2) is 4.79 Å². The van der Waals surface area contributed by atoms with Gasteiger partial charge < -0.3 is 34.3 Å². The van der Waals surface area contributed by atoms with Crippen molar-refractivity contribution in [3.05, 3.63) is 11.6 Å². The van der Waals surface area contributed by atoms with Crippen molar-refractivity contribution >= 4 is 23.9 Å². The molecule has 11 heteroatoms. The van der Waals surface area contributed by atoms with Gasteiger partial charge in [0.15, 0.2) is 0 Å². The zero-order valence-corrected chi connectivity index (χ0v) is 24.3. The van der Waals surface area contributed by atoms with Crippen molar-refractivity contribution in [2.24, 2.45) is 28.6 Å². The molecular weight excluding hydrogens is 524 g/mol. The van der Waals surface area contributed by atoms with Crippen molar-refractivity contribution in [2.45, 2.75) is 97.6 Å². The van der Waals surface area contributed by atoms with E-state index in [2.05, 4.69) is 0 Å². The SMILES string of the molecule is CCC(C)C(=O)OC1CCC(O)(COC(C)=O)C2(COC(C)=O)C(O)CC(C)C(C)(CC(O)C3=CC(=O)OC3)C12. The first-order valence-electron chi connectivity index (χ1n) is 14.0. The Hall–Kier alpha value is -2.50. The molecule has 0 aromatic carbocycles. The normalized spacial score (nSPS) is 36.9. The van der Waals surface area contributed by atoms with E-state index in [9.17, 15) is 34.5 Å². The van der Waals surface area contributed by atoms with Crippen molar-refractivity contribution in [1.29, 1.82) is 0 Å². The van der Waals surface area contributed by atoms with Gasteiger partial charge in [-0.05, 0) is 43.4 Å². The standard InChI is InChI=1S/C29H44O11/c1-7-16(2)26(35)40-22-8-9-28(36,14-38-18(4)30)29(15-39-19(5)31)23(33)10-17(3)27(6,25(22)29)12-21(32)20-11-24(34)37-13-20/h11,16-17,21-23,25,32-33,36H,7-10,12-15H2,1-6H3. The van der Waals surface area contributed by atoms with Crippen LogP contribution < -0.4 is 0 Å². The van der Waals surface area contributed by atoms with Gasteiger partial charge in [0.25, 0.3) is 0 Å². The summed E-state index contributed by atoms with van der Waals surface area (Å²) in [5.74, 6) is -3.77. The van der Waals surface area contributed by atoms with Crippen molar-refractivity contribution in [3.8, 4) is 0 Å². The minimum absolute atomic E-state index is 0.00589. The third-order valence-corrected chi connectivity index (χ3v) is 9.70. The minimum Gasteiger partial charge on any atom is -0.465 e. The second-order valence-electron chi connectivity index (χ2n) is 12.1. The van der Waals surface area contributed by atoms with Gasteiger partial charge in [-0.3, -0.25) is 14.4 Å². The van der Waals surface area contributed by atoms with E-state index in [1.807, 2.05) is 20.8 Å². The molecular formula is C29H44O11. The lowest BCUT2D eigenvalue weighted by molar-refractivity contribution is -0.304. The van der Waals surface area contributed by atoms with Crippen LogP contribution in [0.4, 0.5) is 0 Å². The van der Waals surface area contributed by atoms with Gasteiger partial charge in [-0.15, -0.1) is 0 Å². The number of rotatable bonds is 10. The first kappa shape index (κ1) is 32.0. The van der Waals surface area contributed by atoms with Crippen molar-refractivity contribution in [2.75, 3.05) is 19.8 Å². The molecule has 3 rings (SSSR count). The molecule has 0 amide bonds. The summed E-state index contributed by atoms with van der Waals surface area (Å²) in [5.41, 5.74) is -4.00. The molecule has 226 valence electrons. The van der Waals surface area contributed by atoms with Crippen LogP contribution in [0.2, 0.25) is 0 Å². The highest BCUT2D eigenvalue weighted by Gasteiger charge is 2.72. The third-order valence-electron chi connectivity index (χ3n) is 9.70. The fourth-order valence-electron chi connectivity index (χ4n) is 7.04. The number of cyclic esters (lactones) is 1. The monoisotopic (exact) mass is 568 g/mol. The van der Waals surface area contributed by atoms with Gasteiger partial charge in [0.1, 0.15) is 31.5 Å². The molecule has 11 nitrogen and oxygen atoms in total. The van der Waals surface area contributed by atoms with E-state index in [4.69, 9.17) is 18.9 Å². The van der Waals surface area contributed by atoms with E-state index in [1.165, 1.54) is 19.9 Å². The molecule has 0 spiro atoms. The summed E-state index contributed by atoms with van der Waals surface area (Å²) in [6.45, 7) is 8.88. The number of fused-ring (bicyclic) bond motifs is 1. The van der Waals surface area contributed by atoms with Gasteiger partial charge in [-0.2, -0.15) is 0 Å². The molecule has 9 atom stereocenters. The average molecular weight is 569 g/mol. The maximum atomic E-state index is 13.1. The molecule has 0 aromatic rings. The Kier molecular flexibility index (Phi) is 9.74. The Labute approximate surface area is 235 Å². The Balaban J connectivity index is 2.20. The molecule has 1 aliphatic heterocycles. The van der Waals surface area contributed by atoms with Gasteiger partial charge in [0.2, 0.25) is 0 Å². The maximum Gasteiger partial charge on any atom is 0.331 e. The summed E-state index contributed by atoms with van der Waals surface area (Å²) in [7, 11) is 0. The quantitative estimate of drug-likeness (QED) is 0.260. The molecule has 1 heterocycles. The zero-order valence-electron chi connectivity index (χ0n) is 24.3. The van der Waals surface area contributed by atoms with Gasteiger partial charge >= 0.3 is 23.9 Å². The number of hydrogen-bond acceptors (Lipinski definition) is 11. The minimum atomic E-state index is -1.85. The Morgan fingerprint density at radius 2 is 1.80 bits per heavy atom. The summed E-state index contributed by atoms with van der Waals surface area (Å²) < 4.78 is 21.9. The second-order valence-corrected chi connectivity index (χ2v) is 12.1. The molecule has 40 heavy (non-hydrogen) atoms. The van der Waals surface area contributed by atoms with Gasteiger partial charge in [-0.1, -0.05) is 27.7 Å². The predicted octanol–water partition coefficient (Wildman–Crippen LogP) is 1.84.